The molecule has 5 aromatic rings. The molecule has 0 aliphatic heterocycles. The lowest BCUT2D eigenvalue weighted by atomic mass is 10.2. The molecule has 4 heterocycles. The van der Waals surface area contributed by atoms with Gasteiger partial charge in [0, 0.05) is 17.9 Å². The van der Waals surface area contributed by atoms with E-state index >= 15 is 0 Å². The normalized spacial score (nSPS) is 11.6. The molecule has 6 nitrogen and oxygen atoms in total. The quantitative estimate of drug-likeness (QED) is 0.379. The maximum atomic E-state index is 6.25. The molecule has 0 saturated carbocycles. The number of hydrogen-bond donors (Lipinski definition) is 0. The third-order valence-electron chi connectivity index (χ3n) is 4.34. The number of hydrogen-bond acceptors (Lipinski definition) is 6. The van der Waals surface area contributed by atoms with Crippen molar-refractivity contribution < 1.29 is 8.83 Å². The van der Waals surface area contributed by atoms with Crippen LogP contribution in [0.2, 0.25) is 5.02 Å². The molecular formula is C19H13ClN4O2S. The number of rotatable bonds is 4. The number of furan rings is 1. The Kier molecular flexibility index (Phi) is 3.91. The summed E-state index contributed by atoms with van der Waals surface area (Å²) in [6, 6.07) is 11.4. The lowest BCUT2D eigenvalue weighted by Crippen LogP contribution is -1.94. The minimum atomic E-state index is 0.526. The Bertz CT molecular complexity index is 1270. The molecule has 0 amide bonds. The van der Waals surface area contributed by atoms with Gasteiger partial charge in [0.15, 0.2) is 5.58 Å². The molecule has 0 unspecified atom stereocenters. The van der Waals surface area contributed by atoms with Crippen LogP contribution in [0.1, 0.15) is 11.5 Å². The predicted molar refractivity (Wildman–Crippen MR) is 104 cm³/mol. The van der Waals surface area contributed by atoms with Crippen molar-refractivity contribution in [1.29, 1.82) is 0 Å². The van der Waals surface area contributed by atoms with Crippen LogP contribution in [0.25, 0.3) is 28.1 Å². The van der Waals surface area contributed by atoms with Crippen LogP contribution >= 0.6 is 23.4 Å². The van der Waals surface area contributed by atoms with E-state index in [2.05, 4.69) is 15.2 Å². The fourth-order valence-electron chi connectivity index (χ4n) is 2.97. The summed E-state index contributed by atoms with van der Waals surface area (Å²) in [5.41, 5.74) is 4.38. The van der Waals surface area contributed by atoms with Gasteiger partial charge < -0.3 is 8.83 Å². The van der Waals surface area contributed by atoms with Gasteiger partial charge in [0.1, 0.15) is 17.1 Å². The second kappa shape index (κ2) is 6.44. The van der Waals surface area contributed by atoms with Gasteiger partial charge in [0.2, 0.25) is 5.89 Å². The van der Waals surface area contributed by atoms with Crippen LogP contribution in [0.15, 0.2) is 62.8 Å². The van der Waals surface area contributed by atoms with Crippen LogP contribution in [-0.2, 0) is 5.75 Å². The number of thioether (sulfide) groups is 1. The summed E-state index contributed by atoms with van der Waals surface area (Å²) in [6.45, 7) is 1.90. The first-order chi connectivity index (χ1) is 13.2. The Balaban J connectivity index is 1.45. The molecule has 0 spiro atoms. The average molecular weight is 397 g/mol. The maximum absolute atomic E-state index is 6.25. The third kappa shape index (κ3) is 2.79. The molecule has 8 heteroatoms. The van der Waals surface area contributed by atoms with Gasteiger partial charge in [-0.15, -0.1) is 10.2 Å². The zero-order valence-corrected chi connectivity index (χ0v) is 15.8. The van der Waals surface area contributed by atoms with E-state index in [1.807, 2.05) is 47.7 Å². The number of aromatic nitrogens is 4. The van der Waals surface area contributed by atoms with Crippen molar-refractivity contribution in [2.45, 2.75) is 17.7 Å². The molecule has 0 bridgehead atoms. The van der Waals surface area contributed by atoms with Crippen molar-refractivity contribution in [3.05, 3.63) is 65.5 Å². The van der Waals surface area contributed by atoms with E-state index in [0.29, 0.717) is 16.7 Å². The van der Waals surface area contributed by atoms with Crippen LogP contribution in [0.5, 0.6) is 0 Å². The monoisotopic (exact) mass is 396 g/mol. The van der Waals surface area contributed by atoms with Gasteiger partial charge >= 0.3 is 0 Å². The lowest BCUT2D eigenvalue weighted by molar-refractivity contribution is 0.540. The van der Waals surface area contributed by atoms with Gasteiger partial charge in [0.25, 0.3) is 0 Å². The van der Waals surface area contributed by atoms with Gasteiger partial charge in [-0.2, -0.15) is 0 Å². The molecule has 1 aromatic carbocycles. The summed E-state index contributed by atoms with van der Waals surface area (Å²) < 4.78 is 13.3. The number of halogens is 1. The van der Waals surface area contributed by atoms with E-state index in [-0.39, 0.29) is 0 Å². The summed E-state index contributed by atoms with van der Waals surface area (Å²) in [5, 5.41) is 9.81. The fraction of sp³-hybridized carbons (Fsp3) is 0.105. The number of nitrogens with zero attached hydrogens (tertiary/aromatic N) is 4. The molecular weight excluding hydrogens is 384 g/mol. The first kappa shape index (κ1) is 16.4. The minimum Gasteiger partial charge on any atom is -0.463 e. The molecule has 0 fully saturated rings. The highest BCUT2D eigenvalue weighted by Crippen LogP contribution is 2.32. The smallest absolute Gasteiger partial charge is 0.228 e. The van der Waals surface area contributed by atoms with Crippen molar-refractivity contribution >= 4 is 40.0 Å². The standard InChI is InChI=1S/C19H13ClN4O2S/c1-11-14(22-18(26-11)12-4-2-3-5-13(12)20)9-27-19-16-8-17-15(6-7-25-17)24(16)10-21-23-19/h2-8,10H,9H2,1H3. The molecule has 0 atom stereocenters. The van der Waals surface area contributed by atoms with E-state index < -0.39 is 0 Å². The van der Waals surface area contributed by atoms with Gasteiger partial charge in [-0.1, -0.05) is 35.5 Å². The van der Waals surface area contributed by atoms with Crippen LogP contribution in [0.4, 0.5) is 0 Å². The number of fused-ring (bicyclic) bond motifs is 3. The van der Waals surface area contributed by atoms with Crippen LogP contribution in [-0.4, -0.2) is 19.6 Å². The summed E-state index contributed by atoms with van der Waals surface area (Å²) in [7, 11) is 0. The molecule has 5 rings (SSSR count). The minimum absolute atomic E-state index is 0.526. The molecule has 27 heavy (non-hydrogen) atoms. The SMILES string of the molecule is Cc1oc(-c2ccccc2Cl)nc1CSc1nncn2c1cc1occc12. The first-order valence-electron chi connectivity index (χ1n) is 8.24. The van der Waals surface area contributed by atoms with Crippen molar-refractivity contribution in [1.82, 2.24) is 19.6 Å². The largest absolute Gasteiger partial charge is 0.463 e. The number of benzene rings is 1. The topological polar surface area (TPSA) is 69.4 Å². The van der Waals surface area contributed by atoms with Crippen molar-refractivity contribution in [3.63, 3.8) is 0 Å². The second-order valence-corrected chi connectivity index (χ2v) is 7.37. The first-order valence-corrected chi connectivity index (χ1v) is 9.61. The highest BCUT2D eigenvalue weighted by molar-refractivity contribution is 7.98. The lowest BCUT2D eigenvalue weighted by Gasteiger charge is -2.01. The Labute approximate surface area is 163 Å². The molecule has 0 aliphatic carbocycles. The van der Waals surface area contributed by atoms with Crippen molar-refractivity contribution in [3.8, 4) is 11.5 Å². The highest BCUT2D eigenvalue weighted by atomic mass is 35.5. The predicted octanol–water partition coefficient (Wildman–Crippen LogP) is 5.38. The number of aryl methyl sites for hydroxylation is 1. The van der Waals surface area contributed by atoms with E-state index in [1.165, 1.54) is 0 Å². The maximum Gasteiger partial charge on any atom is 0.228 e. The number of oxazole rings is 1. The van der Waals surface area contributed by atoms with Crippen LogP contribution < -0.4 is 0 Å². The summed E-state index contributed by atoms with van der Waals surface area (Å²) >= 11 is 7.81. The summed E-state index contributed by atoms with van der Waals surface area (Å²) in [4.78, 5) is 4.62. The second-order valence-electron chi connectivity index (χ2n) is 6.00. The fourth-order valence-corrected chi connectivity index (χ4v) is 4.13. The van der Waals surface area contributed by atoms with E-state index in [9.17, 15) is 0 Å². The van der Waals surface area contributed by atoms with Gasteiger partial charge in [-0.25, -0.2) is 4.98 Å². The molecule has 4 aromatic heterocycles. The van der Waals surface area contributed by atoms with Gasteiger partial charge in [-0.05, 0) is 19.1 Å². The Morgan fingerprint density at radius 3 is 2.96 bits per heavy atom. The van der Waals surface area contributed by atoms with Gasteiger partial charge in [0.05, 0.1) is 33.6 Å². The van der Waals surface area contributed by atoms with E-state index in [1.54, 1.807) is 24.4 Å². The molecule has 0 N–H and O–H groups in total. The summed E-state index contributed by atoms with van der Waals surface area (Å²) in [6.07, 6.45) is 3.35. The van der Waals surface area contributed by atoms with Crippen LogP contribution in [0, 0.1) is 6.92 Å². The van der Waals surface area contributed by atoms with Crippen molar-refractivity contribution in [2.24, 2.45) is 0 Å². The van der Waals surface area contributed by atoms with Gasteiger partial charge in [-0.3, -0.25) is 4.40 Å². The highest BCUT2D eigenvalue weighted by Gasteiger charge is 2.16. The summed E-state index contributed by atoms with van der Waals surface area (Å²) in [5.74, 6) is 1.90. The van der Waals surface area contributed by atoms with Crippen LogP contribution in [0.3, 0.4) is 0 Å². The Hall–Kier alpha value is -2.77. The average Bonchev–Trinajstić information content (AvgIpc) is 3.35. The van der Waals surface area contributed by atoms with E-state index in [0.717, 1.165) is 38.7 Å². The zero-order valence-electron chi connectivity index (χ0n) is 14.2. The Morgan fingerprint density at radius 2 is 2.07 bits per heavy atom. The molecule has 134 valence electrons. The van der Waals surface area contributed by atoms with Crippen molar-refractivity contribution in [2.75, 3.05) is 0 Å². The van der Waals surface area contributed by atoms with E-state index in [4.69, 9.17) is 20.4 Å². The third-order valence-corrected chi connectivity index (χ3v) is 5.65. The molecule has 0 aliphatic rings. The Morgan fingerprint density at radius 1 is 1.19 bits per heavy atom. The molecule has 0 radical (unpaired) electrons. The molecule has 0 saturated heterocycles. The zero-order chi connectivity index (χ0) is 18.4.